The highest BCUT2D eigenvalue weighted by Crippen LogP contribution is 2.19. The Morgan fingerprint density at radius 2 is 2.31 bits per heavy atom. The lowest BCUT2D eigenvalue weighted by Gasteiger charge is -2.01. The van der Waals surface area contributed by atoms with Gasteiger partial charge in [0.05, 0.1) is 6.42 Å². The third-order valence-electron chi connectivity index (χ3n) is 1.69. The zero-order valence-corrected chi connectivity index (χ0v) is 8.89. The zero-order chi connectivity index (χ0) is 9.84. The molecule has 0 aromatic heterocycles. The molecule has 1 aromatic rings. The van der Waals surface area contributed by atoms with Crippen molar-refractivity contribution >= 4 is 21.7 Å². The summed E-state index contributed by atoms with van der Waals surface area (Å²) in [4.78, 5) is 11.4. The zero-order valence-electron chi connectivity index (χ0n) is 7.30. The van der Waals surface area contributed by atoms with Gasteiger partial charge in [-0.15, -0.1) is 6.42 Å². The summed E-state index contributed by atoms with van der Waals surface area (Å²) < 4.78 is 0.813. The third-order valence-corrected chi connectivity index (χ3v) is 2.34. The van der Waals surface area contributed by atoms with Gasteiger partial charge < -0.3 is 0 Å². The molecule has 1 rings (SSSR count). The molecule has 0 aliphatic rings. The Bertz CT molecular complexity index is 374. The molecule has 13 heavy (non-hydrogen) atoms. The van der Waals surface area contributed by atoms with Crippen LogP contribution in [0.1, 0.15) is 22.3 Å². The molecule has 0 saturated carbocycles. The summed E-state index contributed by atoms with van der Waals surface area (Å²) in [6.07, 6.45) is 5.22. The van der Waals surface area contributed by atoms with Crippen LogP contribution < -0.4 is 0 Å². The average Bonchev–Trinajstić information content (AvgIpc) is 2.04. The molecule has 0 radical (unpaired) electrons. The van der Waals surface area contributed by atoms with Gasteiger partial charge in [0.15, 0.2) is 5.78 Å². The summed E-state index contributed by atoms with van der Waals surface area (Å²) in [5.41, 5.74) is 1.77. The van der Waals surface area contributed by atoms with Gasteiger partial charge in [-0.05, 0) is 24.6 Å². The van der Waals surface area contributed by atoms with E-state index in [0.29, 0.717) is 5.56 Å². The Hall–Kier alpha value is -1.07. The lowest BCUT2D eigenvalue weighted by Crippen LogP contribution is -1.98. The van der Waals surface area contributed by atoms with Gasteiger partial charge in [-0.2, -0.15) is 0 Å². The van der Waals surface area contributed by atoms with Crippen LogP contribution in [0.15, 0.2) is 22.7 Å². The van der Waals surface area contributed by atoms with Crippen molar-refractivity contribution in [3.8, 4) is 12.3 Å². The Balaban J connectivity index is 3.03. The monoisotopic (exact) mass is 236 g/mol. The summed E-state index contributed by atoms with van der Waals surface area (Å²) in [7, 11) is 0. The van der Waals surface area contributed by atoms with E-state index in [1.165, 1.54) is 0 Å². The second kappa shape index (κ2) is 4.25. The van der Waals surface area contributed by atoms with Crippen molar-refractivity contribution in [1.82, 2.24) is 0 Å². The predicted molar refractivity (Wildman–Crippen MR) is 56.7 cm³/mol. The number of Topliss-reactive ketones (excluding diaryl/α,β-unsaturated/α-hetero) is 1. The van der Waals surface area contributed by atoms with Gasteiger partial charge in [-0.25, -0.2) is 0 Å². The molecular formula is C11H9BrO. The molecule has 1 aromatic carbocycles. The van der Waals surface area contributed by atoms with Crippen LogP contribution in [0.4, 0.5) is 0 Å². The number of hydrogen-bond acceptors (Lipinski definition) is 1. The molecule has 0 unspecified atom stereocenters. The van der Waals surface area contributed by atoms with Gasteiger partial charge >= 0.3 is 0 Å². The molecule has 0 saturated heterocycles. The highest BCUT2D eigenvalue weighted by Gasteiger charge is 2.07. The molecule has 0 spiro atoms. The van der Waals surface area contributed by atoms with Crippen molar-refractivity contribution in [3.63, 3.8) is 0 Å². The van der Waals surface area contributed by atoms with Gasteiger partial charge in [-0.1, -0.05) is 27.9 Å². The first-order valence-electron chi connectivity index (χ1n) is 3.88. The molecule has 0 aliphatic carbocycles. The summed E-state index contributed by atoms with van der Waals surface area (Å²) in [5.74, 6) is 2.32. The maximum absolute atomic E-state index is 11.4. The molecule has 66 valence electrons. The van der Waals surface area contributed by atoms with E-state index in [9.17, 15) is 4.79 Å². The molecule has 0 bridgehead atoms. The largest absolute Gasteiger partial charge is 0.293 e. The highest BCUT2D eigenvalue weighted by atomic mass is 79.9. The van der Waals surface area contributed by atoms with Crippen molar-refractivity contribution < 1.29 is 4.79 Å². The second-order valence-corrected chi connectivity index (χ2v) is 3.64. The number of aryl methyl sites for hydroxylation is 1. The van der Waals surface area contributed by atoms with Crippen molar-refractivity contribution in [1.29, 1.82) is 0 Å². The fourth-order valence-electron chi connectivity index (χ4n) is 1.03. The van der Waals surface area contributed by atoms with Gasteiger partial charge in [0.1, 0.15) is 0 Å². The van der Waals surface area contributed by atoms with Gasteiger partial charge in [0.2, 0.25) is 0 Å². The van der Waals surface area contributed by atoms with Crippen LogP contribution in [0, 0.1) is 19.3 Å². The highest BCUT2D eigenvalue weighted by molar-refractivity contribution is 9.10. The molecule has 0 amide bonds. The van der Waals surface area contributed by atoms with Crippen LogP contribution in [0.5, 0.6) is 0 Å². The van der Waals surface area contributed by atoms with Gasteiger partial charge in [0, 0.05) is 10.0 Å². The number of hydrogen-bond donors (Lipinski definition) is 0. The van der Waals surface area contributed by atoms with Crippen molar-refractivity contribution in [2.45, 2.75) is 13.3 Å². The van der Waals surface area contributed by atoms with Crippen molar-refractivity contribution in [3.05, 3.63) is 33.8 Å². The fraction of sp³-hybridized carbons (Fsp3) is 0.182. The average molecular weight is 237 g/mol. The van der Waals surface area contributed by atoms with Gasteiger partial charge in [0.25, 0.3) is 0 Å². The molecule has 0 atom stereocenters. The van der Waals surface area contributed by atoms with Crippen LogP contribution in [-0.4, -0.2) is 5.78 Å². The van der Waals surface area contributed by atoms with E-state index in [1.807, 2.05) is 19.1 Å². The van der Waals surface area contributed by atoms with Crippen LogP contribution in [-0.2, 0) is 0 Å². The fourth-order valence-corrected chi connectivity index (χ4v) is 1.75. The lowest BCUT2D eigenvalue weighted by atomic mass is 10.1. The van der Waals surface area contributed by atoms with E-state index in [4.69, 9.17) is 6.42 Å². The van der Waals surface area contributed by atoms with Crippen molar-refractivity contribution in [2.75, 3.05) is 0 Å². The third kappa shape index (κ3) is 2.43. The minimum Gasteiger partial charge on any atom is -0.293 e. The number of terminal acetylenes is 1. The van der Waals surface area contributed by atoms with E-state index in [0.717, 1.165) is 10.0 Å². The topological polar surface area (TPSA) is 17.1 Å². The predicted octanol–water partition coefficient (Wildman–Crippen LogP) is 2.96. The standard InChI is InChI=1S/C11H9BrO/c1-3-4-11(13)9-6-5-8(2)7-10(9)12/h1,5-7H,4H2,2H3. The summed E-state index contributed by atoms with van der Waals surface area (Å²) >= 11 is 3.33. The Kier molecular flexibility index (Phi) is 3.27. The number of carbonyl (C=O) groups excluding carboxylic acids is 1. The van der Waals surface area contributed by atoms with E-state index in [2.05, 4.69) is 21.9 Å². The number of rotatable bonds is 2. The maximum Gasteiger partial charge on any atom is 0.175 e. The first kappa shape index (κ1) is 10.0. The summed E-state index contributed by atoms with van der Waals surface area (Å²) in [5, 5.41) is 0. The summed E-state index contributed by atoms with van der Waals surface area (Å²) in [6, 6.07) is 5.59. The lowest BCUT2D eigenvalue weighted by molar-refractivity contribution is 0.0997. The quantitative estimate of drug-likeness (QED) is 0.570. The van der Waals surface area contributed by atoms with Crippen LogP contribution in [0.3, 0.4) is 0 Å². The minimum atomic E-state index is -0.0191. The Labute approximate surface area is 86.3 Å². The molecular weight excluding hydrogens is 228 g/mol. The Morgan fingerprint density at radius 1 is 1.62 bits per heavy atom. The number of ketones is 1. The van der Waals surface area contributed by atoms with E-state index in [-0.39, 0.29) is 12.2 Å². The Morgan fingerprint density at radius 3 is 2.85 bits per heavy atom. The SMILES string of the molecule is C#CCC(=O)c1ccc(C)cc1Br. The smallest absolute Gasteiger partial charge is 0.175 e. The molecule has 1 nitrogen and oxygen atoms in total. The number of carbonyl (C=O) groups is 1. The molecule has 2 heteroatoms. The minimum absolute atomic E-state index is 0.0191. The first-order valence-corrected chi connectivity index (χ1v) is 4.67. The van der Waals surface area contributed by atoms with E-state index in [1.54, 1.807) is 6.07 Å². The molecule has 0 aliphatic heterocycles. The molecule has 0 heterocycles. The normalized spacial score (nSPS) is 9.31. The van der Waals surface area contributed by atoms with Crippen LogP contribution in [0.2, 0.25) is 0 Å². The molecule has 0 N–H and O–H groups in total. The van der Waals surface area contributed by atoms with E-state index < -0.39 is 0 Å². The van der Waals surface area contributed by atoms with E-state index >= 15 is 0 Å². The summed E-state index contributed by atoms with van der Waals surface area (Å²) in [6.45, 7) is 1.97. The number of benzene rings is 1. The van der Waals surface area contributed by atoms with Crippen molar-refractivity contribution in [2.24, 2.45) is 0 Å². The maximum atomic E-state index is 11.4. The number of halogens is 1. The molecule has 0 fully saturated rings. The van der Waals surface area contributed by atoms with Gasteiger partial charge in [-0.3, -0.25) is 4.79 Å². The van der Waals surface area contributed by atoms with Crippen LogP contribution >= 0.6 is 15.9 Å². The van der Waals surface area contributed by atoms with Crippen LogP contribution in [0.25, 0.3) is 0 Å². The first-order chi connectivity index (χ1) is 6.15. The second-order valence-electron chi connectivity index (χ2n) is 2.79.